The van der Waals surface area contributed by atoms with Crippen LogP contribution in [0.5, 0.6) is 0 Å². The number of nitrogens with two attached hydrogens (primary N) is 1. The maximum absolute atomic E-state index is 8.77. The molecule has 0 amide bonds. The van der Waals surface area contributed by atoms with E-state index in [4.69, 9.17) is 22.6 Å². The molecule has 0 unspecified atom stereocenters. The molecular weight excluding hydrogens is 184 g/mol. The topological polar surface area (TPSA) is 49.8 Å². The first-order valence-electron chi connectivity index (χ1n) is 3.80. The molecule has 13 heavy (non-hydrogen) atoms. The number of benzene rings is 1. The van der Waals surface area contributed by atoms with Gasteiger partial charge in [-0.25, -0.2) is 0 Å². The first kappa shape index (κ1) is 9.63. The summed E-state index contributed by atoms with van der Waals surface area (Å²) in [4.78, 5) is 0. The lowest BCUT2D eigenvalue weighted by atomic mass is 10.1. The van der Waals surface area contributed by atoms with E-state index in [1.54, 1.807) is 24.3 Å². The molecule has 2 nitrogen and oxygen atoms in total. The Balaban J connectivity index is 3.08. The Kier molecular flexibility index (Phi) is 3.36. The van der Waals surface area contributed by atoms with Crippen LogP contribution >= 0.6 is 11.6 Å². The van der Waals surface area contributed by atoms with Crippen molar-refractivity contribution in [3.8, 4) is 6.07 Å². The fraction of sp³-hybridized carbons (Fsp3) is 0.100. The van der Waals surface area contributed by atoms with Crippen molar-refractivity contribution >= 4 is 23.4 Å². The summed E-state index contributed by atoms with van der Waals surface area (Å²) >= 11 is 5.48. The maximum atomic E-state index is 8.77. The van der Waals surface area contributed by atoms with Crippen molar-refractivity contribution in [2.45, 2.75) is 0 Å². The number of halogens is 1. The van der Waals surface area contributed by atoms with E-state index in [9.17, 15) is 0 Å². The summed E-state index contributed by atoms with van der Waals surface area (Å²) < 4.78 is 0. The molecule has 2 N–H and O–H groups in total. The van der Waals surface area contributed by atoms with Crippen molar-refractivity contribution in [1.82, 2.24) is 0 Å². The van der Waals surface area contributed by atoms with E-state index in [-0.39, 0.29) is 0 Å². The predicted molar refractivity (Wildman–Crippen MR) is 55.3 cm³/mol. The van der Waals surface area contributed by atoms with Crippen molar-refractivity contribution in [2.75, 3.05) is 11.6 Å². The molecular formula is C10H9ClN2. The lowest BCUT2D eigenvalue weighted by Crippen LogP contribution is -1.88. The smallest absolute Gasteiger partial charge is 0.0998 e. The first-order valence-corrected chi connectivity index (χ1v) is 4.33. The van der Waals surface area contributed by atoms with E-state index in [0.717, 1.165) is 5.56 Å². The molecule has 0 fully saturated rings. The highest BCUT2D eigenvalue weighted by molar-refractivity contribution is 6.19. The highest BCUT2D eigenvalue weighted by atomic mass is 35.5. The summed E-state index contributed by atoms with van der Waals surface area (Å²) in [6, 6.07) is 7.28. The predicted octanol–water partition coefficient (Wildman–Crippen LogP) is 2.39. The van der Waals surface area contributed by atoms with Gasteiger partial charge in [0.15, 0.2) is 0 Å². The molecule has 1 aromatic rings. The number of anilines is 1. The average molecular weight is 193 g/mol. The van der Waals surface area contributed by atoms with E-state index in [1.807, 2.05) is 6.08 Å². The van der Waals surface area contributed by atoms with Crippen LogP contribution in [0.3, 0.4) is 0 Å². The second kappa shape index (κ2) is 4.54. The van der Waals surface area contributed by atoms with Crippen LogP contribution in [-0.4, -0.2) is 5.88 Å². The molecule has 1 rings (SSSR count). The Hall–Kier alpha value is -1.46. The van der Waals surface area contributed by atoms with Crippen LogP contribution in [0.4, 0.5) is 5.69 Å². The van der Waals surface area contributed by atoms with Gasteiger partial charge in [-0.2, -0.15) is 5.26 Å². The number of rotatable bonds is 2. The molecule has 0 spiro atoms. The molecule has 0 aliphatic rings. The summed E-state index contributed by atoms with van der Waals surface area (Å²) in [7, 11) is 0. The van der Waals surface area contributed by atoms with Gasteiger partial charge >= 0.3 is 0 Å². The fourth-order valence-electron chi connectivity index (χ4n) is 0.988. The number of nitrogens with zero attached hydrogens (tertiary/aromatic N) is 1. The summed E-state index contributed by atoms with van der Waals surface area (Å²) in [6.45, 7) is 0. The van der Waals surface area contributed by atoms with Gasteiger partial charge in [-0.1, -0.05) is 18.2 Å². The first-order chi connectivity index (χ1) is 6.27. The molecule has 0 aromatic heterocycles. The third-order valence-electron chi connectivity index (χ3n) is 1.58. The SMILES string of the molecule is N#Cc1cc(N)ccc1C=CCCl. The molecule has 0 bridgehead atoms. The second-order valence-corrected chi connectivity index (χ2v) is 2.82. The zero-order valence-corrected chi connectivity index (χ0v) is 7.75. The van der Waals surface area contributed by atoms with Crippen molar-refractivity contribution in [3.05, 3.63) is 35.4 Å². The number of allylic oxidation sites excluding steroid dienone is 1. The van der Waals surface area contributed by atoms with Crippen LogP contribution in [0.1, 0.15) is 11.1 Å². The lowest BCUT2D eigenvalue weighted by molar-refractivity contribution is 1.47. The summed E-state index contributed by atoms with van der Waals surface area (Å²) in [5.74, 6) is 0.440. The van der Waals surface area contributed by atoms with E-state index >= 15 is 0 Å². The van der Waals surface area contributed by atoms with Gasteiger partial charge in [0.2, 0.25) is 0 Å². The van der Waals surface area contributed by atoms with Crippen molar-refractivity contribution in [1.29, 1.82) is 5.26 Å². The molecule has 0 radical (unpaired) electrons. The molecule has 0 heterocycles. The number of alkyl halides is 1. The standard InChI is InChI=1S/C10H9ClN2/c11-5-1-2-8-3-4-10(13)6-9(8)7-12/h1-4,6H,5,13H2. The third kappa shape index (κ3) is 2.50. The van der Waals surface area contributed by atoms with Crippen LogP contribution in [0.25, 0.3) is 6.08 Å². The quantitative estimate of drug-likeness (QED) is 0.578. The van der Waals surface area contributed by atoms with Crippen LogP contribution in [0.2, 0.25) is 0 Å². The van der Waals surface area contributed by atoms with Gasteiger partial charge in [0.05, 0.1) is 11.6 Å². The van der Waals surface area contributed by atoms with Gasteiger partial charge in [0, 0.05) is 11.6 Å². The minimum Gasteiger partial charge on any atom is -0.399 e. The molecule has 0 saturated carbocycles. The molecule has 0 aliphatic heterocycles. The van der Waals surface area contributed by atoms with Crippen LogP contribution in [0.15, 0.2) is 24.3 Å². The Morgan fingerprint density at radius 2 is 2.31 bits per heavy atom. The van der Waals surface area contributed by atoms with Crippen molar-refractivity contribution in [2.24, 2.45) is 0 Å². The van der Waals surface area contributed by atoms with Gasteiger partial charge in [-0.05, 0) is 17.7 Å². The van der Waals surface area contributed by atoms with Crippen LogP contribution in [0, 0.1) is 11.3 Å². The Labute approximate surface area is 82.2 Å². The summed E-state index contributed by atoms with van der Waals surface area (Å²) in [5, 5.41) is 8.77. The van der Waals surface area contributed by atoms with E-state index in [1.165, 1.54) is 0 Å². The van der Waals surface area contributed by atoms with Gasteiger partial charge in [-0.15, -0.1) is 11.6 Å². The minimum atomic E-state index is 0.440. The van der Waals surface area contributed by atoms with Crippen LogP contribution < -0.4 is 5.73 Å². The Morgan fingerprint density at radius 1 is 1.54 bits per heavy atom. The Morgan fingerprint density at radius 3 is 2.92 bits per heavy atom. The Bertz CT molecular complexity index is 364. The molecule has 0 saturated heterocycles. The fourth-order valence-corrected chi connectivity index (χ4v) is 1.08. The zero-order valence-electron chi connectivity index (χ0n) is 7.00. The third-order valence-corrected chi connectivity index (χ3v) is 1.76. The van der Waals surface area contributed by atoms with E-state index in [0.29, 0.717) is 17.1 Å². The lowest BCUT2D eigenvalue weighted by Gasteiger charge is -1.98. The average Bonchev–Trinajstić information content (AvgIpc) is 2.16. The monoisotopic (exact) mass is 192 g/mol. The molecule has 3 heteroatoms. The number of nitrogen functional groups attached to an aromatic ring is 1. The minimum absolute atomic E-state index is 0.440. The van der Waals surface area contributed by atoms with Gasteiger partial charge in [-0.3, -0.25) is 0 Å². The van der Waals surface area contributed by atoms with Gasteiger partial charge in [0.1, 0.15) is 0 Å². The summed E-state index contributed by atoms with van der Waals surface area (Å²) in [5.41, 5.74) is 7.54. The number of hydrogen-bond acceptors (Lipinski definition) is 2. The largest absolute Gasteiger partial charge is 0.399 e. The highest BCUT2D eigenvalue weighted by Gasteiger charge is 1.97. The molecule has 0 atom stereocenters. The second-order valence-electron chi connectivity index (χ2n) is 2.52. The van der Waals surface area contributed by atoms with Crippen molar-refractivity contribution < 1.29 is 0 Å². The zero-order chi connectivity index (χ0) is 9.68. The summed E-state index contributed by atoms with van der Waals surface area (Å²) in [6.07, 6.45) is 3.60. The number of nitriles is 1. The highest BCUT2D eigenvalue weighted by Crippen LogP contribution is 2.14. The number of hydrogen-bond donors (Lipinski definition) is 1. The molecule has 1 aromatic carbocycles. The normalized spacial score (nSPS) is 10.2. The van der Waals surface area contributed by atoms with Gasteiger partial charge < -0.3 is 5.73 Å². The van der Waals surface area contributed by atoms with Crippen LogP contribution in [-0.2, 0) is 0 Å². The molecule has 66 valence electrons. The molecule has 0 aliphatic carbocycles. The van der Waals surface area contributed by atoms with Gasteiger partial charge in [0.25, 0.3) is 0 Å². The van der Waals surface area contributed by atoms with E-state index in [2.05, 4.69) is 6.07 Å². The van der Waals surface area contributed by atoms with E-state index < -0.39 is 0 Å². The maximum Gasteiger partial charge on any atom is 0.0998 e. The van der Waals surface area contributed by atoms with Crippen molar-refractivity contribution in [3.63, 3.8) is 0 Å².